The molecule has 0 radical (unpaired) electrons. The molecule has 0 spiro atoms. The Balaban J connectivity index is 1.68. The Bertz CT molecular complexity index is 661. The zero-order valence-electron chi connectivity index (χ0n) is 12.4. The molecule has 1 aromatic heterocycles. The molecule has 0 saturated carbocycles. The fourth-order valence-corrected chi connectivity index (χ4v) is 4.58. The van der Waals surface area contributed by atoms with Crippen LogP contribution in [0.4, 0.5) is 0 Å². The maximum absolute atomic E-state index is 12.4. The number of thiophene rings is 1. The number of carbonyl (C=O) groups excluding carboxylic acids is 1. The predicted octanol–water partition coefficient (Wildman–Crippen LogP) is 3.29. The number of hydrogen-bond acceptors (Lipinski definition) is 3. The minimum Gasteiger partial charge on any atom is -0.342 e. The molecule has 1 fully saturated rings. The smallest absolute Gasteiger partial charge is 0.235 e. The minimum absolute atomic E-state index is 0.0313. The number of nitrogens with zero attached hydrogens (tertiary/aromatic N) is 1. The van der Waals surface area contributed by atoms with E-state index in [9.17, 15) is 9.00 Å². The van der Waals surface area contributed by atoms with Crippen molar-refractivity contribution in [2.75, 3.05) is 18.8 Å². The monoisotopic (exact) mass is 333 g/mol. The zero-order chi connectivity index (χ0) is 15.4. The second-order valence-electron chi connectivity index (χ2n) is 5.49. The number of rotatable bonds is 5. The number of amides is 1. The number of hydrogen-bond donors (Lipinski definition) is 0. The van der Waals surface area contributed by atoms with E-state index in [4.69, 9.17) is 0 Å². The molecule has 3 nitrogen and oxygen atoms in total. The van der Waals surface area contributed by atoms with E-state index >= 15 is 0 Å². The van der Waals surface area contributed by atoms with Gasteiger partial charge in [0.15, 0.2) is 0 Å². The molecule has 2 aromatic rings. The second kappa shape index (κ2) is 7.20. The highest BCUT2D eigenvalue weighted by Gasteiger charge is 2.20. The van der Waals surface area contributed by atoms with Gasteiger partial charge in [0.1, 0.15) is 5.75 Å². The van der Waals surface area contributed by atoms with Crippen LogP contribution in [-0.2, 0) is 21.3 Å². The van der Waals surface area contributed by atoms with Gasteiger partial charge in [0.25, 0.3) is 0 Å². The molecule has 1 amide bonds. The molecule has 3 rings (SSSR count). The third-order valence-corrected chi connectivity index (χ3v) is 5.79. The van der Waals surface area contributed by atoms with Gasteiger partial charge >= 0.3 is 0 Å². The highest BCUT2D eigenvalue weighted by Crippen LogP contribution is 2.26. The van der Waals surface area contributed by atoms with Crippen molar-refractivity contribution < 1.29 is 9.00 Å². The Kier molecular flexibility index (Phi) is 5.05. The van der Waals surface area contributed by atoms with Crippen molar-refractivity contribution in [2.45, 2.75) is 18.6 Å². The molecule has 1 atom stereocenters. The third kappa shape index (κ3) is 3.65. The summed E-state index contributed by atoms with van der Waals surface area (Å²) >= 11 is 1.65. The van der Waals surface area contributed by atoms with E-state index < -0.39 is 10.8 Å². The van der Waals surface area contributed by atoms with Gasteiger partial charge in [0.05, 0.1) is 0 Å². The van der Waals surface area contributed by atoms with Crippen LogP contribution in [-0.4, -0.2) is 33.9 Å². The van der Waals surface area contributed by atoms with E-state index in [0.717, 1.165) is 42.6 Å². The molecular weight excluding hydrogens is 314 g/mol. The average molecular weight is 333 g/mol. The van der Waals surface area contributed by atoms with Gasteiger partial charge in [0.2, 0.25) is 5.91 Å². The normalized spacial score (nSPS) is 15.9. The molecule has 0 aliphatic carbocycles. The maximum Gasteiger partial charge on any atom is 0.235 e. The summed E-state index contributed by atoms with van der Waals surface area (Å²) in [4.78, 5) is 13.9. The lowest BCUT2D eigenvalue weighted by Crippen LogP contribution is -2.32. The Morgan fingerprint density at radius 3 is 2.68 bits per heavy atom. The highest BCUT2D eigenvalue weighted by molar-refractivity contribution is 7.84. The van der Waals surface area contributed by atoms with Crippen LogP contribution in [0.5, 0.6) is 0 Å². The average Bonchev–Trinajstić information content (AvgIpc) is 3.21. The Morgan fingerprint density at radius 2 is 1.95 bits per heavy atom. The summed E-state index contributed by atoms with van der Waals surface area (Å²) in [6.45, 7) is 1.64. The third-order valence-electron chi connectivity index (χ3n) is 3.91. The molecule has 116 valence electrons. The predicted molar refractivity (Wildman–Crippen MR) is 92.3 cm³/mol. The lowest BCUT2D eigenvalue weighted by atomic mass is 10.0. The molecule has 0 N–H and O–H groups in total. The van der Waals surface area contributed by atoms with E-state index in [1.165, 1.54) is 0 Å². The van der Waals surface area contributed by atoms with Gasteiger partial charge in [-0.3, -0.25) is 9.00 Å². The van der Waals surface area contributed by atoms with Gasteiger partial charge in [-0.2, -0.15) is 11.3 Å². The summed E-state index contributed by atoms with van der Waals surface area (Å²) in [5.74, 6) is 0.604. The topological polar surface area (TPSA) is 37.4 Å². The van der Waals surface area contributed by atoms with E-state index in [0.29, 0.717) is 5.75 Å². The molecule has 22 heavy (non-hydrogen) atoms. The largest absolute Gasteiger partial charge is 0.342 e. The molecule has 2 heterocycles. The van der Waals surface area contributed by atoms with E-state index in [2.05, 4.69) is 17.5 Å². The van der Waals surface area contributed by atoms with Crippen molar-refractivity contribution in [1.29, 1.82) is 0 Å². The van der Waals surface area contributed by atoms with E-state index in [1.54, 1.807) is 11.3 Å². The maximum atomic E-state index is 12.4. The second-order valence-corrected chi connectivity index (χ2v) is 7.72. The van der Waals surface area contributed by atoms with Crippen molar-refractivity contribution in [3.05, 3.63) is 46.7 Å². The summed E-state index contributed by atoms with van der Waals surface area (Å²) < 4.78 is 12.4. The minimum atomic E-state index is -1.16. The Labute approximate surface area is 137 Å². The summed E-state index contributed by atoms with van der Waals surface area (Å²) in [6.07, 6.45) is 2.14. The van der Waals surface area contributed by atoms with Crippen molar-refractivity contribution in [1.82, 2.24) is 4.90 Å². The summed E-state index contributed by atoms with van der Waals surface area (Å²) in [6, 6.07) is 10.1. The van der Waals surface area contributed by atoms with Crippen LogP contribution in [0.25, 0.3) is 11.1 Å². The summed E-state index contributed by atoms with van der Waals surface area (Å²) in [7, 11) is -1.16. The first-order valence-corrected chi connectivity index (χ1v) is 9.90. The number of benzene rings is 1. The molecule has 1 saturated heterocycles. The Hall–Kier alpha value is -1.46. The van der Waals surface area contributed by atoms with Gasteiger partial charge in [-0.15, -0.1) is 0 Å². The van der Waals surface area contributed by atoms with Crippen LogP contribution in [0.15, 0.2) is 41.1 Å². The van der Waals surface area contributed by atoms with Crippen LogP contribution in [0.3, 0.4) is 0 Å². The number of carbonyl (C=O) groups is 1. The SMILES string of the molecule is O=C(CS(=O)Cc1ccccc1-c1ccsc1)N1CCCC1. The first kappa shape index (κ1) is 15.4. The van der Waals surface area contributed by atoms with Crippen LogP contribution in [0.2, 0.25) is 0 Å². The quantitative estimate of drug-likeness (QED) is 0.842. The standard InChI is InChI=1S/C17H19NO2S2/c19-17(18-8-3-4-9-18)13-22(20)12-15-5-1-2-6-16(15)14-7-10-21-11-14/h1-2,5-7,10-11H,3-4,8-9,12-13H2. The van der Waals surface area contributed by atoms with Gasteiger partial charge in [0, 0.05) is 29.6 Å². The van der Waals surface area contributed by atoms with Crippen LogP contribution in [0, 0.1) is 0 Å². The van der Waals surface area contributed by atoms with Crippen molar-refractivity contribution in [3.63, 3.8) is 0 Å². The van der Waals surface area contributed by atoms with E-state index in [-0.39, 0.29) is 11.7 Å². The van der Waals surface area contributed by atoms with Crippen molar-refractivity contribution in [3.8, 4) is 11.1 Å². The van der Waals surface area contributed by atoms with Crippen LogP contribution < -0.4 is 0 Å². The highest BCUT2D eigenvalue weighted by atomic mass is 32.2. The molecule has 1 unspecified atom stereocenters. The Morgan fingerprint density at radius 1 is 1.18 bits per heavy atom. The molecule has 1 aliphatic rings. The van der Waals surface area contributed by atoms with E-state index in [1.807, 2.05) is 28.5 Å². The first-order chi connectivity index (χ1) is 10.7. The van der Waals surface area contributed by atoms with Gasteiger partial charge in [-0.05, 0) is 46.4 Å². The fourth-order valence-electron chi connectivity index (χ4n) is 2.77. The summed E-state index contributed by atoms with van der Waals surface area (Å²) in [5.41, 5.74) is 3.32. The summed E-state index contributed by atoms with van der Waals surface area (Å²) in [5, 5.41) is 4.14. The zero-order valence-corrected chi connectivity index (χ0v) is 14.0. The molecule has 5 heteroatoms. The lowest BCUT2D eigenvalue weighted by molar-refractivity contribution is -0.127. The van der Waals surface area contributed by atoms with Crippen LogP contribution in [0.1, 0.15) is 18.4 Å². The van der Waals surface area contributed by atoms with Crippen molar-refractivity contribution in [2.24, 2.45) is 0 Å². The van der Waals surface area contributed by atoms with Gasteiger partial charge in [-0.25, -0.2) is 0 Å². The fraction of sp³-hybridized carbons (Fsp3) is 0.353. The van der Waals surface area contributed by atoms with Gasteiger partial charge in [-0.1, -0.05) is 24.3 Å². The molecule has 1 aliphatic heterocycles. The molecule has 1 aromatic carbocycles. The molecular formula is C17H19NO2S2. The number of likely N-dealkylation sites (tertiary alicyclic amines) is 1. The van der Waals surface area contributed by atoms with Crippen molar-refractivity contribution >= 4 is 28.0 Å². The van der Waals surface area contributed by atoms with Crippen LogP contribution >= 0.6 is 11.3 Å². The lowest BCUT2D eigenvalue weighted by Gasteiger charge is -2.15. The van der Waals surface area contributed by atoms with Gasteiger partial charge < -0.3 is 4.90 Å². The first-order valence-electron chi connectivity index (χ1n) is 7.47. The molecule has 0 bridgehead atoms.